The molecular weight excluding hydrogens is 362 g/mol. The Hall–Kier alpha value is -3.60. The van der Waals surface area contributed by atoms with Crippen LogP contribution in [0.5, 0.6) is 5.75 Å². The molecule has 1 aromatic heterocycles. The maximum absolute atomic E-state index is 12.8. The highest BCUT2D eigenvalue weighted by Gasteiger charge is 2.13. The van der Waals surface area contributed by atoms with E-state index in [1.54, 1.807) is 18.2 Å². The summed E-state index contributed by atoms with van der Waals surface area (Å²) >= 11 is 0. The first-order valence-corrected chi connectivity index (χ1v) is 9.48. The fraction of sp³-hybridized carbons (Fsp3) is 0.167. The first kappa shape index (κ1) is 18.7. The van der Waals surface area contributed by atoms with Gasteiger partial charge in [0, 0.05) is 31.0 Å². The Bertz CT molecular complexity index is 1160. The predicted molar refractivity (Wildman–Crippen MR) is 115 cm³/mol. The highest BCUT2D eigenvalue weighted by molar-refractivity contribution is 5.94. The SMILES string of the molecule is COc1ccc2cc(CN(C)C(=O)c3ccc(-n4nccc4C)cc3)ccc2c1. The molecule has 0 saturated carbocycles. The van der Waals surface area contributed by atoms with Gasteiger partial charge in [0.15, 0.2) is 0 Å². The highest BCUT2D eigenvalue weighted by atomic mass is 16.5. The summed E-state index contributed by atoms with van der Waals surface area (Å²) in [6.45, 7) is 2.54. The van der Waals surface area contributed by atoms with E-state index in [2.05, 4.69) is 23.3 Å². The number of ether oxygens (including phenoxy) is 1. The van der Waals surface area contributed by atoms with Crippen LogP contribution in [0.2, 0.25) is 0 Å². The Balaban J connectivity index is 1.49. The van der Waals surface area contributed by atoms with Crippen LogP contribution in [0.3, 0.4) is 0 Å². The summed E-state index contributed by atoms with van der Waals surface area (Å²) in [6.07, 6.45) is 1.77. The zero-order valence-corrected chi connectivity index (χ0v) is 16.8. The van der Waals surface area contributed by atoms with Crippen LogP contribution in [0, 0.1) is 6.92 Å². The van der Waals surface area contributed by atoms with Gasteiger partial charge in [-0.15, -0.1) is 0 Å². The summed E-state index contributed by atoms with van der Waals surface area (Å²) in [7, 11) is 3.49. The summed E-state index contributed by atoms with van der Waals surface area (Å²) < 4.78 is 7.13. The van der Waals surface area contributed by atoms with E-state index in [0.717, 1.165) is 33.5 Å². The lowest BCUT2D eigenvalue weighted by Gasteiger charge is -2.18. The van der Waals surface area contributed by atoms with Gasteiger partial charge in [-0.1, -0.05) is 18.2 Å². The molecule has 0 fully saturated rings. The largest absolute Gasteiger partial charge is 0.497 e. The Morgan fingerprint density at radius 1 is 1.00 bits per heavy atom. The molecule has 5 heteroatoms. The average molecular weight is 385 g/mol. The standard InChI is InChI=1S/C24H23N3O2/c1-17-12-13-25-27(17)22-9-6-19(7-10-22)24(28)26(2)16-18-4-5-21-15-23(29-3)11-8-20(21)14-18/h4-15H,16H2,1-3H3. The summed E-state index contributed by atoms with van der Waals surface area (Å²) in [5.74, 6) is 0.829. The van der Waals surface area contributed by atoms with Crippen LogP contribution in [0.1, 0.15) is 21.6 Å². The molecule has 0 N–H and O–H groups in total. The third-order valence-electron chi connectivity index (χ3n) is 5.07. The van der Waals surface area contributed by atoms with Crippen molar-refractivity contribution in [3.05, 3.63) is 89.7 Å². The fourth-order valence-corrected chi connectivity index (χ4v) is 3.45. The molecule has 3 aromatic carbocycles. The second kappa shape index (κ2) is 7.80. The minimum atomic E-state index is -0.0106. The van der Waals surface area contributed by atoms with Gasteiger partial charge in [-0.2, -0.15) is 5.10 Å². The molecule has 5 nitrogen and oxygen atoms in total. The first-order chi connectivity index (χ1) is 14.0. The number of hydrogen-bond donors (Lipinski definition) is 0. The van der Waals surface area contributed by atoms with E-state index >= 15 is 0 Å². The number of benzene rings is 3. The van der Waals surface area contributed by atoms with Crippen LogP contribution in [0.4, 0.5) is 0 Å². The molecule has 4 rings (SSSR count). The van der Waals surface area contributed by atoms with Gasteiger partial charge in [0.05, 0.1) is 12.8 Å². The Morgan fingerprint density at radius 3 is 2.41 bits per heavy atom. The Morgan fingerprint density at radius 2 is 1.72 bits per heavy atom. The number of nitrogens with zero attached hydrogens (tertiary/aromatic N) is 3. The number of methoxy groups -OCH3 is 1. The number of amides is 1. The van der Waals surface area contributed by atoms with Crippen molar-refractivity contribution in [1.29, 1.82) is 0 Å². The Labute approximate surface area is 170 Å². The van der Waals surface area contributed by atoms with Crippen molar-refractivity contribution in [2.75, 3.05) is 14.2 Å². The van der Waals surface area contributed by atoms with Crippen LogP contribution in [0.15, 0.2) is 72.9 Å². The lowest BCUT2D eigenvalue weighted by atomic mass is 10.1. The van der Waals surface area contributed by atoms with Crippen LogP contribution >= 0.6 is 0 Å². The summed E-state index contributed by atoms with van der Waals surface area (Å²) in [5.41, 5.74) is 3.74. The average Bonchev–Trinajstić information content (AvgIpc) is 3.18. The molecule has 0 unspecified atom stereocenters. The van der Waals surface area contributed by atoms with Gasteiger partial charge >= 0.3 is 0 Å². The third kappa shape index (κ3) is 3.85. The lowest BCUT2D eigenvalue weighted by Crippen LogP contribution is -2.26. The molecule has 146 valence electrons. The van der Waals surface area contributed by atoms with Gasteiger partial charge < -0.3 is 9.64 Å². The number of rotatable bonds is 5. The topological polar surface area (TPSA) is 47.4 Å². The molecule has 29 heavy (non-hydrogen) atoms. The normalized spacial score (nSPS) is 10.9. The number of fused-ring (bicyclic) bond motifs is 1. The third-order valence-corrected chi connectivity index (χ3v) is 5.07. The zero-order valence-electron chi connectivity index (χ0n) is 16.8. The maximum atomic E-state index is 12.8. The minimum Gasteiger partial charge on any atom is -0.497 e. The second-order valence-electron chi connectivity index (χ2n) is 7.14. The molecule has 0 radical (unpaired) electrons. The molecule has 4 aromatic rings. The molecule has 0 spiro atoms. The molecule has 1 heterocycles. The summed E-state index contributed by atoms with van der Waals surface area (Å²) in [4.78, 5) is 14.6. The molecule has 1 amide bonds. The van der Waals surface area contributed by atoms with Crippen molar-refractivity contribution >= 4 is 16.7 Å². The van der Waals surface area contributed by atoms with E-state index in [4.69, 9.17) is 4.74 Å². The van der Waals surface area contributed by atoms with Crippen molar-refractivity contribution < 1.29 is 9.53 Å². The van der Waals surface area contributed by atoms with Crippen molar-refractivity contribution in [3.8, 4) is 11.4 Å². The lowest BCUT2D eigenvalue weighted by molar-refractivity contribution is 0.0785. The molecular formula is C24H23N3O2. The van der Waals surface area contributed by atoms with Crippen molar-refractivity contribution in [2.24, 2.45) is 0 Å². The highest BCUT2D eigenvalue weighted by Crippen LogP contribution is 2.22. The second-order valence-corrected chi connectivity index (χ2v) is 7.14. The number of carbonyl (C=O) groups excluding carboxylic acids is 1. The number of hydrogen-bond acceptors (Lipinski definition) is 3. The molecule has 0 aliphatic rings. The van der Waals surface area contributed by atoms with Crippen molar-refractivity contribution in [1.82, 2.24) is 14.7 Å². The van der Waals surface area contributed by atoms with Crippen LogP contribution in [-0.2, 0) is 6.54 Å². The number of aromatic nitrogens is 2. The summed E-state index contributed by atoms with van der Waals surface area (Å²) in [5, 5.41) is 6.55. The van der Waals surface area contributed by atoms with E-state index < -0.39 is 0 Å². The van der Waals surface area contributed by atoms with Crippen molar-refractivity contribution in [2.45, 2.75) is 13.5 Å². The molecule has 0 saturated heterocycles. The van der Waals surface area contributed by atoms with E-state index in [9.17, 15) is 4.79 Å². The van der Waals surface area contributed by atoms with Gasteiger partial charge in [-0.3, -0.25) is 4.79 Å². The number of aryl methyl sites for hydroxylation is 1. The Kier molecular flexibility index (Phi) is 5.04. The van der Waals surface area contributed by atoms with Gasteiger partial charge in [-0.05, 0) is 71.8 Å². The minimum absolute atomic E-state index is 0.0106. The maximum Gasteiger partial charge on any atom is 0.253 e. The monoisotopic (exact) mass is 385 g/mol. The van der Waals surface area contributed by atoms with Gasteiger partial charge in [0.25, 0.3) is 5.91 Å². The molecule has 0 bridgehead atoms. The fourth-order valence-electron chi connectivity index (χ4n) is 3.45. The number of carbonyl (C=O) groups is 1. The quantitative estimate of drug-likeness (QED) is 0.504. The molecule has 0 aliphatic heterocycles. The van der Waals surface area contributed by atoms with Gasteiger partial charge in [0.2, 0.25) is 0 Å². The van der Waals surface area contributed by atoms with Crippen LogP contribution in [0.25, 0.3) is 16.5 Å². The van der Waals surface area contributed by atoms with Crippen LogP contribution < -0.4 is 4.74 Å². The zero-order chi connectivity index (χ0) is 20.4. The molecule has 0 aliphatic carbocycles. The van der Waals surface area contributed by atoms with Gasteiger partial charge in [0.1, 0.15) is 5.75 Å². The first-order valence-electron chi connectivity index (χ1n) is 9.48. The smallest absolute Gasteiger partial charge is 0.253 e. The van der Waals surface area contributed by atoms with E-state index in [0.29, 0.717) is 12.1 Å². The van der Waals surface area contributed by atoms with Crippen molar-refractivity contribution in [3.63, 3.8) is 0 Å². The predicted octanol–water partition coefficient (Wildman–Crippen LogP) is 4.61. The van der Waals surface area contributed by atoms with Crippen LogP contribution in [-0.4, -0.2) is 34.7 Å². The molecule has 0 atom stereocenters. The van der Waals surface area contributed by atoms with E-state index in [1.807, 2.05) is 67.2 Å². The van der Waals surface area contributed by atoms with E-state index in [-0.39, 0.29) is 5.91 Å². The summed E-state index contributed by atoms with van der Waals surface area (Å²) in [6, 6.07) is 21.7. The van der Waals surface area contributed by atoms with E-state index in [1.165, 1.54) is 0 Å². The van der Waals surface area contributed by atoms with Gasteiger partial charge in [-0.25, -0.2) is 4.68 Å².